The van der Waals surface area contributed by atoms with Crippen LogP contribution in [0, 0.1) is 0 Å². The maximum atomic E-state index is 12.8. The molecule has 200 valence electrons. The molecule has 0 aliphatic heterocycles. The first-order valence-corrected chi connectivity index (χ1v) is 12.2. The van der Waals surface area contributed by atoms with Crippen molar-refractivity contribution in [2.45, 2.75) is 25.7 Å². The van der Waals surface area contributed by atoms with Gasteiger partial charge in [0.25, 0.3) is 5.91 Å². The van der Waals surface area contributed by atoms with E-state index in [1.165, 1.54) is 12.5 Å². The number of benzene rings is 3. The van der Waals surface area contributed by atoms with Gasteiger partial charge < -0.3 is 24.5 Å². The van der Waals surface area contributed by atoms with Crippen molar-refractivity contribution in [1.82, 2.24) is 20.7 Å². The summed E-state index contributed by atoms with van der Waals surface area (Å²) in [6.07, 6.45) is 4.06. The summed E-state index contributed by atoms with van der Waals surface area (Å²) in [5.74, 6) is 0.989. The molecule has 1 heterocycles. The molecule has 1 atom stereocenters. The molecule has 4 aromatic rings. The molecule has 0 radical (unpaired) electrons. The smallest absolute Gasteiger partial charge is 0.408 e. The van der Waals surface area contributed by atoms with Gasteiger partial charge in [0, 0.05) is 18.3 Å². The number of alkyl carbamates (subject to hydrolysis) is 1. The molecule has 0 bridgehead atoms. The fraction of sp³-hybridized carbons (Fsp3) is 0.172. The van der Waals surface area contributed by atoms with Crippen molar-refractivity contribution in [3.63, 3.8) is 0 Å². The predicted octanol–water partition coefficient (Wildman–Crippen LogP) is 3.99. The summed E-state index contributed by atoms with van der Waals surface area (Å²) in [6, 6.07) is 23.3. The zero-order valence-corrected chi connectivity index (χ0v) is 21.4. The van der Waals surface area contributed by atoms with Crippen molar-refractivity contribution in [2.75, 3.05) is 7.11 Å². The molecule has 0 aliphatic rings. The minimum atomic E-state index is -0.931. The molecule has 0 fully saturated rings. The molecule has 10 nitrogen and oxygen atoms in total. The van der Waals surface area contributed by atoms with Crippen LogP contribution in [0.1, 0.15) is 22.4 Å². The van der Waals surface area contributed by atoms with Crippen LogP contribution in [0.3, 0.4) is 0 Å². The van der Waals surface area contributed by atoms with Crippen LogP contribution in [-0.4, -0.2) is 41.3 Å². The van der Waals surface area contributed by atoms with Crippen LogP contribution in [0.15, 0.2) is 96.5 Å². The zero-order chi connectivity index (χ0) is 27.3. The molecule has 0 unspecified atom stereocenters. The number of amides is 2. The number of hydrazone groups is 1. The molecule has 1 aromatic heterocycles. The highest BCUT2D eigenvalue weighted by Crippen LogP contribution is 2.16. The number of carbonyl (C=O) groups is 2. The van der Waals surface area contributed by atoms with Gasteiger partial charge in [0.15, 0.2) is 0 Å². The summed E-state index contributed by atoms with van der Waals surface area (Å²) in [7, 11) is 1.63. The van der Waals surface area contributed by atoms with Crippen molar-refractivity contribution in [2.24, 2.45) is 5.10 Å². The molecule has 0 saturated heterocycles. The summed E-state index contributed by atoms with van der Waals surface area (Å²) < 4.78 is 16.2. The Morgan fingerprint density at radius 2 is 1.67 bits per heavy atom. The van der Waals surface area contributed by atoms with Gasteiger partial charge >= 0.3 is 6.09 Å². The molecule has 0 saturated carbocycles. The number of hydrogen-bond donors (Lipinski definition) is 3. The highest BCUT2D eigenvalue weighted by molar-refractivity contribution is 5.87. The van der Waals surface area contributed by atoms with Crippen LogP contribution in [0.4, 0.5) is 4.79 Å². The molecule has 0 aliphatic carbocycles. The Balaban J connectivity index is 1.28. The van der Waals surface area contributed by atoms with Gasteiger partial charge in [0.1, 0.15) is 30.8 Å². The summed E-state index contributed by atoms with van der Waals surface area (Å²) >= 11 is 0. The third-order valence-corrected chi connectivity index (χ3v) is 5.63. The van der Waals surface area contributed by atoms with Gasteiger partial charge in [-0.3, -0.25) is 4.79 Å². The minimum absolute atomic E-state index is 0.0863. The first kappa shape index (κ1) is 26.9. The van der Waals surface area contributed by atoms with Gasteiger partial charge in [-0.15, -0.1) is 0 Å². The molecule has 3 aromatic carbocycles. The van der Waals surface area contributed by atoms with Crippen molar-refractivity contribution in [1.29, 1.82) is 0 Å². The zero-order valence-electron chi connectivity index (χ0n) is 21.4. The number of rotatable bonds is 12. The highest BCUT2D eigenvalue weighted by Gasteiger charge is 2.22. The summed E-state index contributed by atoms with van der Waals surface area (Å²) in [4.78, 5) is 32.1. The van der Waals surface area contributed by atoms with Crippen LogP contribution in [0.2, 0.25) is 0 Å². The third-order valence-electron chi connectivity index (χ3n) is 5.63. The van der Waals surface area contributed by atoms with E-state index in [-0.39, 0.29) is 13.0 Å². The molecule has 39 heavy (non-hydrogen) atoms. The van der Waals surface area contributed by atoms with Gasteiger partial charge in [-0.05, 0) is 53.1 Å². The Kier molecular flexibility index (Phi) is 9.66. The van der Waals surface area contributed by atoms with E-state index < -0.39 is 18.0 Å². The minimum Gasteiger partial charge on any atom is -0.497 e. The van der Waals surface area contributed by atoms with E-state index in [9.17, 15) is 9.59 Å². The summed E-state index contributed by atoms with van der Waals surface area (Å²) in [5, 5.41) is 6.63. The standard InChI is InChI=1S/C29H29N5O5/c1-37-25-11-9-23(10-12-25)18-38-26-13-7-21(8-14-26)16-32-34-28(35)27(15-24-17-30-20-31-24)33-29(36)39-19-22-5-3-2-4-6-22/h2-14,16-17,20,27H,15,18-19H2,1H3,(H,30,31)(H,33,36)(H,34,35)/b32-16-/t27-/m0/s1. The van der Waals surface area contributed by atoms with Crippen LogP contribution in [-0.2, 0) is 29.2 Å². The fourth-order valence-electron chi connectivity index (χ4n) is 3.52. The largest absolute Gasteiger partial charge is 0.497 e. The molecule has 2 amide bonds. The van der Waals surface area contributed by atoms with E-state index in [1.54, 1.807) is 13.3 Å². The maximum Gasteiger partial charge on any atom is 0.408 e. The van der Waals surface area contributed by atoms with E-state index in [4.69, 9.17) is 14.2 Å². The maximum absolute atomic E-state index is 12.8. The second-order valence-electron chi connectivity index (χ2n) is 8.48. The van der Waals surface area contributed by atoms with Gasteiger partial charge in [0.05, 0.1) is 19.7 Å². The van der Waals surface area contributed by atoms with E-state index in [2.05, 4.69) is 25.8 Å². The van der Waals surface area contributed by atoms with E-state index in [0.717, 1.165) is 22.4 Å². The van der Waals surface area contributed by atoms with Crippen LogP contribution in [0.25, 0.3) is 0 Å². The summed E-state index contributed by atoms with van der Waals surface area (Å²) in [6.45, 7) is 0.509. The Labute approximate surface area is 226 Å². The molecular weight excluding hydrogens is 498 g/mol. The Morgan fingerprint density at radius 1 is 0.949 bits per heavy atom. The average molecular weight is 528 g/mol. The molecule has 4 rings (SSSR count). The lowest BCUT2D eigenvalue weighted by Crippen LogP contribution is -2.47. The monoisotopic (exact) mass is 527 g/mol. The van der Waals surface area contributed by atoms with Crippen LogP contribution >= 0.6 is 0 Å². The Hall–Kier alpha value is -5.12. The van der Waals surface area contributed by atoms with Crippen LogP contribution in [0.5, 0.6) is 11.5 Å². The van der Waals surface area contributed by atoms with Crippen molar-refractivity contribution in [3.05, 3.63) is 114 Å². The normalized spacial score (nSPS) is 11.5. The molecule has 0 spiro atoms. The first-order valence-electron chi connectivity index (χ1n) is 12.2. The third kappa shape index (κ3) is 8.74. The Morgan fingerprint density at radius 3 is 2.36 bits per heavy atom. The number of nitrogens with one attached hydrogen (secondary N) is 3. The Bertz CT molecular complexity index is 1340. The number of ether oxygens (including phenoxy) is 3. The second-order valence-corrected chi connectivity index (χ2v) is 8.48. The number of carbonyl (C=O) groups excluding carboxylic acids is 2. The van der Waals surface area contributed by atoms with E-state index in [0.29, 0.717) is 18.1 Å². The predicted molar refractivity (Wildman–Crippen MR) is 145 cm³/mol. The quantitative estimate of drug-likeness (QED) is 0.189. The van der Waals surface area contributed by atoms with Gasteiger partial charge in [-0.1, -0.05) is 42.5 Å². The molecular formula is C29H29N5O5. The fourth-order valence-corrected chi connectivity index (χ4v) is 3.52. The number of aromatic amines is 1. The molecule has 10 heteroatoms. The lowest BCUT2D eigenvalue weighted by molar-refractivity contribution is -0.123. The topological polar surface area (TPSA) is 127 Å². The van der Waals surface area contributed by atoms with Crippen molar-refractivity contribution < 1.29 is 23.8 Å². The van der Waals surface area contributed by atoms with Gasteiger partial charge in [-0.25, -0.2) is 15.2 Å². The molecule has 3 N–H and O–H groups in total. The number of hydrogen-bond acceptors (Lipinski definition) is 7. The van der Waals surface area contributed by atoms with E-state index >= 15 is 0 Å². The number of imidazole rings is 1. The summed E-state index contributed by atoms with van der Waals surface area (Å²) in [5.41, 5.74) is 5.77. The SMILES string of the molecule is COc1ccc(COc2ccc(/C=N\NC(=O)[C@H](Cc3cnc[nH]3)NC(=O)OCc3ccccc3)cc2)cc1. The lowest BCUT2D eigenvalue weighted by Gasteiger charge is -2.16. The average Bonchev–Trinajstić information content (AvgIpc) is 3.49. The van der Waals surface area contributed by atoms with Crippen LogP contribution < -0.4 is 20.2 Å². The van der Waals surface area contributed by atoms with Gasteiger partial charge in [-0.2, -0.15) is 5.10 Å². The number of H-pyrrole nitrogens is 1. The number of aromatic nitrogens is 2. The lowest BCUT2D eigenvalue weighted by atomic mass is 10.1. The second kappa shape index (κ2) is 14.0. The first-order chi connectivity index (χ1) is 19.1. The number of nitrogens with zero attached hydrogens (tertiary/aromatic N) is 2. The van der Waals surface area contributed by atoms with Crippen molar-refractivity contribution in [3.8, 4) is 11.5 Å². The number of methoxy groups -OCH3 is 1. The van der Waals surface area contributed by atoms with Crippen molar-refractivity contribution >= 4 is 18.2 Å². The highest BCUT2D eigenvalue weighted by atomic mass is 16.5. The van der Waals surface area contributed by atoms with Gasteiger partial charge in [0.2, 0.25) is 0 Å². The van der Waals surface area contributed by atoms with E-state index in [1.807, 2.05) is 78.9 Å².